The van der Waals surface area contributed by atoms with E-state index in [1.54, 1.807) is 6.07 Å². The number of nitrogens with one attached hydrogen (secondary N) is 2. The molecule has 0 amide bonds. The number of pyridine rings is 1. The number of rotatable bonds is 0. The van der Waals surface area contributed by atoms with Crippen LogP contribution in [0.3, 0.4) is 0 Å². The molecule has 0 atom stereocenters. The number of benzene rings is 1. The van der Waals surface area contributed by atoms with Crippen LogP contribution in [-0.2, 0) is 0 Å². The van der Waals surface area contributed by atoms with Crippen molar-refractivity contribution in [3.05, 3.63) is 46.4 Å². The Morgan fingerprint density at radius 3 is 2.87 bits per heavy atom. The minimum Gasteiger partial charge on any atom is -0.359 e. The standard InChI is InChI=1S/C12H10N2O/c1-7-6-10(15)9-3-2-8-4-5-13-11(8)12(9)14-7/h2-6,13H,1H3,(H,14,15). The molecule has 2 aromatic heterocycles. The molecule has 0 saturated heterocycles. The highest BCUT2D eigenvalue weighted by atomic mass is 16.1. The van der Waals surface area contributed by atoms with Crippen molar-refractivity contribution >= 4 is 21.8 Å². The summed E-state index contributed by atoms with van der Waals surface area (Å²) in [6.45, 7) is 1.89. The molecule has 3 heteroatoms. The second kappa shape index (κ2) is 2.73. The molecule has 1 aromatic carbocycles. The molecule has 2 N–H and O–H groups in total. The maximum absolute atomic E-state index is 11.7. The number of aryl methyl sites for hydroxylation is 1. The average Bonchev–Trinajstić information content (AvgIpc) is 2.65. The zero-order chi connectivity index (χ0) is 10.4. The third kappa shape index (κ3) is 1.09. The van der Waals surface area contributed by atoms with Crippen LogP contribution in [0.25, 0.3) is 21.8 Å². The van der Waals surface area contributed by atoms with E-state index in [0.717, 1.165) is 27.5 Å². The summed E-state index contributed by atoms with van der Waals surface area (Å²) >= 11 is 0. The van der Waals surface area contributed by atoms with Crippen LogP contribution in [0.1, 0.15) is 5.69 Å². The molecule has 0 bridgehead atoms. The summed E-state index contributed by atoms with van der Waals surface area (Å²) in [5, 5.41) is 1.85. The Balaban J connectivity index is 2.68. The smallest absolute Gasteiger partial charge is 0.189 e. The second-order valence-electron chi connectivity index (χ2n) is 3.75. The van der Waals surface area contributed by atoms with Crippen LogP contribution in [0.5, 0.6) is 0 Å². The van der Waals surface area contributed by atoms with Crippen molar-refractivity contribution in [1.82, 2.24) is 9.97 Å². The van der Waals surface area contributed by atoms with Gasteiger partial charge in [0, 0.05) is 28.7 Å². The van der Waals surface area contributed by atoms with Gasteiger partial charge in [-0.3, -0.25) is 4.79 Å². The fourth-order valence-electron chi connectivity index (χ4n) is 1.97. The van der Waals surface area contributed by atoms with E-state index in [1.807, 2.05) is 31.3 Å². The van der Waals surface area contributed by atoms with Crippen molar-refractivity contribution in [1.29, 1.82) is 0 Å². The molecule has 3 nitrogen and oxygen atoms in total. The highest BCUT2D eigenvalue weighted by Gasteiger charge is 2.04. The molecule has 0 saturated carbocycles. The van der Waals surface area contributed by atoms with E-state index in [1.165, 1.54) is 0 Å². The normalized spacial score (nSPS) is 11.3. The van der Waals surface area contributed by atoms with Gasteiger partial charge < -0.3 is 9.97 Å². The zero-order valence-corrected chi connectivity index (χ0v) is 8.29. The van der Waals surface area contributed by atoms with Gasteiger partial charge in [0.25, 0.3) is 0 Å². The van der Waals surface area contributed by atoms with Crippen LogP contribution in [0.2, 0.25) is 0 Å². The van der Waals surface area contributed by atoms with Crippen LogP contribution < -0.4 is 5.43 Å². The molecule has 74 valence electrons. The number of fused-ring (bicyclic) bond motifs is 3. The summed E-state index contributed by atoms with van der Waals surface area (Å²) in [6.07, 6.45) is 1.88. The lowest BCUT2D eigenvalue weighted by molar-refractivity contribution is 1.24. The quantitative estimate of drug-likeness (QED) is 0.572. The van der Waals surface area contributed by atoms with Gasteiger partial charge in [-0.05, 0) is 19.1 Å². The summed E-state index contributed by atoms with van der Waals surface area (Å²) in [7, 11) is 0. The Labute approximate surface area is 85.8 Å². The van der Waals surface area contributed by atoms with Crippen molar-refractivity contribution in [3.63, 3.8) is 0 Å². The van der Waals surface area contributed by atoms with Crippen LogP contribution >= 0.6 is 0 Å². The van der Waals surface area contributed by atoms with Crippen molar-refractivity contribution in [2.45, 2.75) is 6.92 Å². The van der Waals surface area contributed by atoms with E-state index in [2.05, 4.69) is 9.97 Å². The number of H-pyrrole nitrogens is 2. The topological polar surface area (TPSA) is 48.6 Å². The molecule has 0 aliphatic heterocycles. The van der Waals surface area contributed by atoms with Crippen LogP contribution in [0, 0.1) is 6.92 Å². The van der Waals surface area contributed by atoms with Crippen LogP contribution in [-0.4, -0.2) is 9.97 Å². The molecular formula is C12H10N2O. The van der Waals surface area contributed by atoms with Gasteiger partial charge in [-0.1, -0.05) is 6.07 Å². The predicted molar refractivity (Wildman–Crippen MR) is 61.2 cm³/mol. The van der Waals surface area contributed by atoms with Crippen molar-refractivity contribution in [3.8, 4) is 0 Å². The highest BCUT2D eigenvalue weighted by molar-refractivity contribution is 6.02. The molecule has 0 aliphatic rings. The molecule has 0 unspecified atom stereocenters. The van der Waals surface area contributed by atoms with E-state index < -0.39 is 0 Å². The Morgan fingerprint density at radius 1 is 1.13 bits per heavy atom. The summed E-state index contributed by atoms with van der Waals surface area (Å²) in [6, 6.07) is 7.44. The summed E-state index contributed by atoms with van der Waals surface area (Å²) in [5.41, 5.74) is 2.84. The Kier molecular flexibility index (Phi) is 1.51. The molecule has 2 heterocycles. The number of hydrogen-bond acceptors (Lipinski definition) is 1. The van der Waals surface area contributed by atoms with Gasteiger partial charge in [0.2, 0.25) is 0 Å². The minimum atomic E-state index is 0.0674. The first-order chi connectivity index (χ1) is 7.25. The molecule has 0 fully saturated rings. The lowest BCUT2D eigenvalue weighted by Gasteiger charge is -2.01. The third-order valence-corrected chi connectivity index (χ3v) is 2.66. The van der Waals surface area contributed by atoms with Crippen molar-refractivity contribution < 1.29 is 0 Å². The molecule has 15 heavy (non-hydrogen) atoms. The number of aromatic nitrogens is 2. The fraction of sp³-hybridized carbons (Fsp3) is 0.0833. The first-order valence-corrected chi connectivity index (χ1v) is 4.85. The Bertz CT molecular complexity index is 706. The molecule has 0 aliphatic carbocycles. The van der Waals surface area contributed by atoms with E-state index in [9.17, 15) is 4.79 Å². The number of hydrogen-bond donors (Lipinski definition) is 2. The van der Waals surface area contributed by atoms with Crippen molar-refractivity contribution in [2.75, 3.05) is 0 Å². The van der Waals surface area contributed by atoms with Gasteiger partial charge in [0.1, 0.15) is 0 Å². The highest BCUT2D eigenvalue weighted by Crippen LogP contribution is 2.20. The molecule has 0 radical (unpaired) electrons. The van der Waals surface area contributed by atoms with E-state index in [4.69, 9.17) is 0 Å². The van der Waals surface area contributed by atoms with Gasteiger partial charge in [0.05, 0.1) is 11.0 Å². The monoisotopic (exact) mass is 198 g/mol. The summed E-state index contributed by atoms with van der Waals surface area (Å²) in [5.74, 6) is 0. The van der Waals surface area contributed by atoms with Gasteiger partial charge in [-0.15, -0.1) is 0 Å². The second-order valence-corrected chi connectivity index (χ2v) is 3.75. The maximum atomic E-state index is 11.7. The van der Waals surface area contributed by atoms with Crippen molar-refractivity contribution in [2.24, 2.45) is 0 Å². The average molecular weight is 198 g/mol. The zero-order valence-electron chi connectivity index (χ0n) is 8.29. The third-order valence-electron chi connectivity index (χ3n) is 2.66. The SMILES string of the molecule is Cc1cc(=O)c2ccc3cc[nH]c3c2[nH]1. The fourth-order valence-corrected chi connectivity index (χ4v) is 1.97. The minimum absolute atomic E-state index is 0.0674. The maximum Gasteiger partial charge on any atom is 0.189 e. The van der Waals surface area contributed by atoms with Crippen LogP contribution in [0.4, 0.5) is 0 Å². The molecular weight excluding hydrogens is 188 g/mol. The summed E-state index contributed by atoms with van der Waals surface area (Å²) < 4.78 is 0. The van der Waals surface area contributed by atoms with E-state index in [0.29, 0.717) is 0 Å². The van der Waals surface area contributed by atoms with Gasteiger partial charge in [-0.25, -0.2) is 0 Å². The largest absolute Gasteiger partial charge is 0.359 e. The predicted octanol–water partition coefficient (Wildman–Crippen LogP) is 2.32. The summed E-state index contributed by atoms with van der Waals surface area (Å²) in [4.78, 5) is 18.1. The van der Waals surface area contributed by atoms with Gasteiger partial charge in [-0.2, -0.15) is 0 Å². The number of aromatic amines is 2. The first-order valence-electron chi connectivity index (χ1n) is 4.85. The lowest BCUT2D eigenvalue weighted by Crippen LogP contribution is -2.02. The molecule has 3 aromatic rings. The molecule has 3 rings (SSSR count). The van der Waals surface area contributed by atoms with Gasteiger partial charge in [0.15, 0.2) is 5.43 Å². The van der Waals surface area contributed by atoms with Crippen LogP contribution in [0.15, 0.2) is 35.3 Å². The molecule has 0 spiro atoms. The Hall–Kier alpha value is -2.03. The Morgan fingerprint density at radius 2 is 2.00 bits per heavy atom. The van der Waals surface area contributed by atoms with E-state index in [-0.39, 0.29) is 5.43 Å². The van der Waals surface area contributed by atoms with E-state index >= 15 is 0 Å². The lowest BCUT2D eigenvalue weighted by atomic mass is 10.1. The van der Waals surface area contributed by atoms with Gasteiger partial charge >= 0.3 is 0 Å². The first kappa shape index (κ1) is 8.29.